The number of methoxy groups -OCH3 is 1. The average Bonchev–Trinajstić information content (AvgIpc) is 3.29. The maximum atomic E-state index is 14.3. The average molecular weight is 613 g/mol. The summed E-state index contributed by atoms with van der Waals surface area (Å²) in [6.45, 7) is -0.0386. The molecule has 0 saturated carbocycles. The molecular weight excluding hydrogens is 580 g/mol. The fourth-order valence-corrected chi connectivity index (χ4v) is 5.99. The number of benzene rings is 3. The first kappa shape index (κ1) is 30.9. The number of aryl methyl sites for hydroxylation is 1. The molecule has 0 spiro atoms. The van der Waals surface area contributed by atoms with Crippen LogP contribution in [-0.4, -0.2) is 52.8 Å². The number of carboxylic acid groups (broad SMARTS) is 1. The number of para-hydroxylation sites is 1. The Balaban J connectivity index is 1.38. The molecule has 0 unspecified atom stereocenters. The van der Waals surface area contributed by atoms with E-state index in [2.05, 4.69) is 0 Å². The summed E-state index contributed by atoms with van der Waals surface area (Å²) in [5, 5.41) is 10.1. The Morgan fingerprint density at radius 3 is 2.52 bits per heavy atom. The normalized spacial score (nSPS) is 14.7. The maximum absolute atomic E-state index is 14.3. The van der Waals surface area contributed by atoms with E-state index in [0.717, 1.165) is 29.0 Å². The number of carbonyl (C=O) groups is 2. The van der Waals surface area contributed by atoms with E-state index >= 15 is 0 Å². The quantitative estimate of drug-likeness (QED) is 0.202. The SMILES string of the molecule is COc1ccccc1CCC(=O)N(CCOc1ccc(C(F)(F)F)cc1)[C@H]1CCc2c(c3cc(F)ccc3n2CC(=O)O)C1. The zero-order valence-electron chi connectivity index (χ0n) is 24.1. The van der Waals surface area contributed by atoms with Crippen LogP contribution in [0, 0.1) is 5.82 Å². The Labute approximate surface area is 251 Å². The van der Waals surface area contributed by atoms with Crippen molar-refractivity contribution in [1.29, 1.82) is 0 Å². The molecule has 3 aromatic carbocycles. The molecule has 0 aliphatic heterocycles. The summed E-state index contributed by atoms with van der Waals surface area (Å²) in [4.78, 5) is 27.1. The summed E-state index contributed by atoms with van der Waals surface area (Å²) in [6, 6.07) is 15.8. The van der Waals surface area contributed by atoms with E-state index in [1.165, 1.54) is 24.3 Å². The van der Waals surface area contributed by atoms with Gasteiger partial charge in [0.05, 0.1) is 19.2 Å². The van der Waals surface area contributed by atoms with Crippen LogP contribution in [0.4, 0.5) is 17.6 Å². The summed E-state index contributed by atoms with van der Waals surface area (Å²) in [7, 11) is 1.56. The van der Waals surface area contributed by atoms with Crippen molar-refractivity contribution in [3.63, 3.8) is 0 Å². The highest BCUT2D eigenvalue weighted by atomic mass is 19.4. The number of amides is 1. The van der Waals surface area contributed by atoms with Gasteiger partial charge in [-0.05, 0) is 85.3 Å². The molecule has 4 aromatic rings. The van der Waals surface area contributed by atoms with Gasteiger partial charge in [-0.3, -0.25) is 9.59 Å². The van der Waals surface area contributed by atoms with Crippen LogP contribution in [0.1, 0.15) is 35.2 Å². The first-order valence-electron chi connectivity index (χ1n) is 14.3. The van der Waals surface area contributed by atoms with Gasteiger partial charge in [0, 0.05) is 29.1 Å². The standard InChI is InChI=1S/C33H32F4N2O5/c1-43-30-5-3-2-4-21(30)6-15-31(40)38(16-17-44-25-11-7-22(8-12-25)33(35,36)37)24-10-14-29-27(19-24)26-18-23(34)9-13-28(26)39(29)20-32(41)42/h2-5,7-9,11-13,18,24H,6,10,14-17,19-20H2,1H3,(H,41,42)/t24-/m0/s1. The van der Waals surface area contributed by atoms with E-state index in [9.17, 15) is 32.3 Å². The lowest BCUT2D eigenvalue weighted by Gasteiger charge is -2.35. The van der Waals surface area contributed by atoms with Gasteiger partial charge in [-0.1, -0.05) is 18.2 Å². The van der Waals surface area contributed by atoms with Crippen molar-refractivity contribution < 1.29 is 41.7 Å². The Bertz CT molecular complexity index is 1650. The van der Waals surface area contributed by atoms with Crippen LogP contribution in [-0.2, 0) is 41.6 Å². The van der Waals surface area contributed by atoms with Crippen LogP contribution in [0.25, 0.3) is 10.9 Å². The molecule has 11 heteroatoms. The maximum Gasteiger partial charge on any atom is 0.416 e. The zero-order chi connectivity index (χ0) is 31.4. The fourth-order valence-electron chi connectivity index (χ4n) is 5.99. The molecule has 232 valence electrons. The number of ether oxygens (including phenoxy) is 2. The van der Waals surface area contributed by atoms with E-state index in [4.69, 9.17) is 9.47 Å². The van der Waals surface area contributed by atoms with Gasteiger partial charge in [0.25, 0.3) is 0 Å². The first-order valence-corrected chi connectivity index (χ1v) is 14.3. The number of halogens is 4. The third-order valence-electron chi connectivity index (χ3n) is 8.04. The van der Waals surface area contributed by atoms with Gasteiger partial charge in [0.15, 0.2) is 0 Å². The second-order valence-electron chi connectivity index (χ2n) is 10.7. The lowest BCUT2D eigenvalue weighted by atomic mass is 9.90. The van der Waals surface area contributed by atoms with Crippen LogP contribution in [0.3, 0.4) is 0 Å². The number of carbonyl (C=O) groups excluding carboxylic acids is 1. The van der Waals surface area contributed by atoms with Gasteiger partial charge in [-0.25, -0.2) is 4.39 Å². The van der Waals surface area contributed by atoms with Crippen molar-refractivity contribution in [1.82, 2.24) is 9.47 Å². The van der Waals surface area contributed by atoms with Crippen molar-refractivity contribution in [2.75, 3.05) is 20.3 Å². The topological polar surface area (TPSA) is 81.0 Å². The van der Waals surface area contributed by atoms with E-state index in [1.807, 2.05) is 24.3 Å². The summed E-state index contributed by atoms with van der Waals surface area (Å²) < 4.78 is 66.1. The minimum Gasteiger partial charge on any atom is -0.496 e. The molecule has 1 heterocycles. The fraction of sp³-hybridized carbons (Fsp3) is 0.333. The molecule has 5 rings (SSSR count). The first-order chi connectivity index (χ1) is 21.0. The third-order valence-corrected chi connectivity index (χ3v) is 8.04. The highest BCUT2D eigenvalue weighted by Gasteiger charge is 2.32. The van der Waals surface area contributed by atoms with Gasteiger partial charge >= 0.3 is 12.1 Å². The summed E-state index contributed by atoms with van der Waals surface area (Å²) in [6.07, 6.45) is -2.42. The number of fused-ring (bicyclic) bond motifs is 3. The lowest BCUT2D eigenvalue weighted by Crippen LogP contribution is -2.45. The molecule has 1 aliphatic carbocycles. The van der Waals surface area contributed by atoms with E-state index in [0.29, 0.717) is 42.3 Å². The van der Waals surface area contributed by atoms with Crippen molar-refractivity contribution in [2.45, 2.75) is 50.9 Å². The number of hydrogen-bond acceptors (Lipinski definition) is 4. The van der Waals surface area contributed by atoms with Crippen LogP contribution < -0.4 is 9.47 Å². The number of carboxylic acids is 1. The van der Waals surface area contributed by atoms with Crippen LogP contribution >= 0.6 is 0 Å². The number of aliphatic carboxylic acids is 1. The number of alkyl halides is 3. The molecule has 1 atom stereocenters. The molecule has 0 bridgehead atoms. The Kier molecular flexibility index (Phi) is 9.12. The lowest BCUT2D eigenvalue weighted by molar-refractivity contribution is -0.138. The number of nitrogens with zero attached hydrogens (tertiary/aromatic N) is 2. The van der Waals surface area contributed by atoms with E-state index in [-0.39, 0.29) is 43.8 Å². The highest BCUT2D eigenvalue weighted by molar-refractivity contribution is 5.87. The smallest absolute Gasteiger partial charge is 0.416 e. The molecule has 0 radical (unpaired) electrons. The summed E-state index contributed by atoms with van der Waals surface area (Å²) in [5.74, 6) is -0.666. The van der Waals surface area contributed by atoms with E-state index in [1.54, 1.807) is 22.6 Å². The molecule has 1 N–H and O–H groups in total. The van der Waals surface area contributed by atoms with Gasteiger partial charge in [0.2, 0.25) is 5.91 Å². The van der Waals surface area contributed by atoms with Crippen molar-refractivity contribution >= 4 is 22.8 Å². The van der Waals surface area contributed by atoms with Crippen molar-refractivity contribution in [3.8, 4) is 11.5 Å². The molecule has 1 aromatic heterocycles. The highest BCUT2D eigenvalue weighted by Crippen LogP contribution is 2.35. The zero-order valence-corrected chi connectivity index (χ0v) is 24.1. The second-order valence-corrected chi connectivity index (χ2v) is 10.7. The molecule has 1 amide bonds. The predicted molar refractivity (Wildman–Crippen MR) is 155 cm³/mol. The minimum absolute atomic E-state index is 0.0462. The molecule has 7 nitrogen and oxygen atoms in total. The summed E-state index contributed by atoms with van der Waals surface area (Å²) >= 11 is 0. The largest absolute Gasteiger partial charge is 0.496 e. The van der Waals surface area contributed by atoms with Gasteiger partial charge in [-0.15, -0.1) is 0 Å². The predicted octanol–water partition coefficient (Wildman–Crippen LogP) is 6.29. The minimum atomic E-state index is -4.46. The molecular formula is C33H32F4N2O5. The van der Waals surface area contributed by atoms with Crippen molar-refractivity contribution in [3.05, 3.63) is 94.9 Å². The van der Waals surface area contributed by atoms with Gasteiger partial charge in [-0.2, -0.15) is 13.2 Å². The molecule has 0 fully saturated rings. The van der Waals surface area contributed by atoms with Gasteiger partial charge in [0.1, 0.15) is 30.5 Å². The van der Waals surface area contributed by atoms with Crippen molar-refractivity contribution in [2.24, 2.45) is 0 Å². The van der Waals surface area contributed by atoms with Crippen LogP contribution in [0.15, 0.2) is 66.7 Å². The van der Waals surface area contributed by atoms with Crippen LogP contribution in [0.5, 0.6) is 11.5 Å². The molecule has 0 saturated heterocycles. The van der Waals surface area contributed by atoms with E-state index < -0.39 is 23.5 Å². The molecule has 1 aliphatic rings. The Hall–Kier alpha value is -4.54. The number of hydrogen-bond donors (Lipinski definition) is 1. The number of aromatic nitrogens is 1. The Morgan fingerprint density at radius 2 is 1.82 bits per heavy atom. The van der Waals surface area contributed by atoms with Crippen LogP contribution in [0.2, 0.25) is 0 Å². The Morgan fingerprint density at radius 1 is 1.07 bits per heavy atom. The second kappa shape index (κ2) is 13.0. The molecule has 44 heavy (non-hydrogen) atoms. The van der Waals surface area contributed by atoms with Gasteiger partial charge < -0.3 is 24.0 Å². The summed E-state index contributed by atoms with van der Waals surface area (Å²) in [5.41, 5.74) is 2.34. The third kappa shape index (κ3) is 6.82. The number of rotatable bonds is 11. The monoisotopic (exact) mass is 612 g/mol.